The van der Waals surface area contributed by atoms with Crippen LogP contribution in [0, 0.1) is 0 Å². The zero-order valence-corrected chi connectivity index (χ0v) is 8.51. The second-order valence-corrected chi connectivity index (χ2v) is 3.65. The number of hydrogen-bond acceptors (Lipinski definition) is 2. The molecule has 1 aromatic carbocycles. The fourth-order valence-corrected chi connectivity index (χ4v) is 1.56. The van der Waals surface area contributed by atoms with Crippen molar-refractivity contribution in [3.05, 3.63) is 33.3 Å². The average Bonchev–Trinajstić information content (AvgIpc) is 2.08. The van der Waals surface area contributed by atoms with Crippen LogP contribution in [-0.2, 0) is 0 Å². The predicted molar refractivity (Wildman–Crippen MR) is 51.2 cm³/mol. The summed E-state index contributed by atoms with van der Waals surface area (Å²) in [5.41, 5.74) is 0.602. The fourth-order valence-electron chi connectivity index (χ4n) is 0.868. The normalized spacial score (nSPS) is 13.0. The van der Waals surface area contributed by atoms with Crippen LogP contribution in [0.2, 0.25) is 5.02 Å². The van der Waals surface area contributed by atoms with Crippen LogP contribution in [0.3, 0.4) is 0 Å². The molecule has 0 bridgehead atoms. The average molecular weight is 252 g/mol. The van der Waals surface area contributed by atoms with Crippen LogP contribution >= 0.6 is 27.5 Å². The van der Waals surface area contributed by atoms with E-state index >= 15 is 0 Å². The topological polar surface area (TPSA) is 40.5 Å². The Kier molecular flexibility index (Phi) is 3.53. The number of aliphatic hydroxyl groups is 2. The number of aliphatic hydroxyl groups excluding tert-OH is 2. The summed E-state index contributed by atoms with van der Waals surface area (Å²) in [7, 11) is 0. The van der Waals surface area contributed by atoms with E-state index in [1.54, 1.807) is 18.2 Å². The van der Waals surface area contributed by atoms with E-state index in [2.05, 4.69) is 15.9 Å². The van der Waals surface area contributed by atoms with E-state index in [0.29, 0.717) is 10.6 Å². The zero-order valence-electron chi connectivity index (χ0n) is 6.17. The summed E-state index contributed by atoms with van der Waals surface area (Å²) in [5, 5.41) is 18.5. The number of benzene rings is 1. The maximum absolute atomic E-state index is 9.30. The van der Waals surface area contributed by atoms with Gasteiger partial charge >= 0.3 is 0 Å². The summed E-state index contributed by atoms with van der Waals surface area (Å²) < 4.78 is 0.744. The zero-order chi connectivity index (χ0) is 9.14. The standard InChI is InChI=1S/C8H8BrClO2/c9-7-2-1-5(10)3-6(7)8(12)4-11/h1-3,8,11-12H,4H2/t8-/m1/s1. The van der Waals surface area contributed by atoms with Gasteiger partial charge in [0, 0.05) is 9.50 Å². The summed E-state index contributed by atoms with van der Waals surface area (Å²) >= 11 is 8.95. The lowest BCUT2D eigenvalue weighted by atomic mass is 10.1. The van der Waals surface area contributed by atoms with Crippen molar-refractivity contribution in [3.8, 4) is 0 Å². The van der Waals surface area contributed by atoms with Crippen molar-refractivity contribution in [1.29, 1.82) is 0 Å². The molecular weight excluding hydrogens is 243 g/mol. The van der Waals surface area contributed by atoms with Gasteiger partial charge in [0.1, 0.15) is 6.10 Å². The van der Waals surface area contributed by atoms with Crippen molar-refractivity contribution < 1.29 is 10.2 Å². The second-order valence-electron chi connectivity index (χ2n) is 2.36. The third kappa shape index (κ3) is 2.20. The summed E-state index contributed by atoms with van der Waals surface area (Å²) in [4.78, 5) is 0. The van der Waals surface area contributed by atoms with Gasteiger partial charge in [-0.2, -0.15) is 0 Å². The van der Waals surface area contributed by atoms with Crippen molar-refractivity contribution in [2.24, 2.45) is 0 Å². The second kappa shape index (κ2) is 4.23. The van der Waals surface area contributed by atoms with E-state index in [1.807, 2.05) is 0 Å². The SMILES string of the molecule is OC[C@@H](O)c1cc(Cl)ccc1Br. The van der Waals surface area contributed by atoms with E-state index in [1.165, 1.54) is 0 Å². The highest BCUT2D eigenvalue weighted by molar-refractivity contribution is 9.10. The van der Waals surface area contributed by atoms with Crippen molar-refractivity contribution in [2.75, 3.05) is 6.61 Å². The highest BCUT2D eigenvalue weighted by Gasteiger charge is 2.09. The highest BCUT2D eigenvalue weighted by Crippen LogP contribution is 2.26. The molecule has 0 radical (unpaired) electrons. The molecule has 0 aliphatic rings. The van der Waals surface area contributed by atoms with Gasteiger partial charge in [-0.15, -0.1) is 0 Å². The summed E-state index contributed by atoms with van der Waals surface area (Å²) in [6.07, 6.45) is -0.877. The molecule has 0 aliphatic heterocycles. The first-order chi connectivity index (χ1) is 5.65. The Hall–Kier alpha value is -0.0900. The minimum absolute atomic E-state index is 0.307. The quantitative estimate of drug-likeness (QED) is 0.845. The van der Waals surface area contributed by atoms with E-state index in [0.717, 1.165) is 4.47 Å². The van der Waals surface area contributed by atoms with Crippen molar-refractivity contribution in [3.63, 3.8) is 0 Å². The predicted octanol–water partition coefficient (Wildman–Crippen LogP) is 2.13. The van der Waals surface area contributed by atoms with Crippen LogP contribution in [0.5, 0.6) is 0 Å². The maximum Gasteiger partial charge on any atom is 0.103 e. The molecule has 66 valence electrons. The third-order valence-corrected chi connectivity index (χ3v) is 2.45. The molecule has 1 rings (SSSR count). The molecule has 0 saturated heterocycles. The Morgan fingerprint density at radius 3 is 2.75 bits per heavy atom. The molecule has 4 heteroatoms. The van der Waals surface area contributed by atoms with E-state index in [9.17, 15) is 5.11 Å². The van der Waals surface area contributed by atoms with Crippen molar-refractivity contribution in [2.45, 2.75) is 6.10 Å². The summed E-state index contributed by atoms with van der Waals surface area (Å²) in [6.45, 7) is -0.307. The molecule has 0 unspecified atom stereocenters. The molecule has 2 nitrogen and oxygen atoms in total. The number of rotatable bonds is 2. The van der Waals surface area contributed by atoms with Crippen molar-refractivity contribution in [1.82, 2.24) is 0 Å². The summed E-state index contributed by atoms with van der Waals surface area (Å²) in [5.74, 6) is 0. The largest absolute Gasteiger partial charge is 0.393 e. The van der Waals surface area contributed by atoms with Gasteiger partial charge < -0.3 is 10.2 Å². The minimum atomic E-state index is -0.877. The van der Waals surface area contributed by atoms with Crippen LogP contribution in [-0.4, -0.2) is 16.8 Å². The van der Waals surface area contributed by atoms with Gasteiger partial charge in [0.05, 0.1) is 6.61 Å². The van der Waals surface area contributed by atoms with E-state index < -0.39 is 6.10 Å². The van der Waals surface area contributed by atoms with Gasteiger partial charge in [-0.25, -0.2) is 0 Å². The minimum Gasteiger partial charge on any atom is -0.393 e. The molecule has 0 saturated carbocycles. The van der Waals surface area contributed by atoms with Crippen LogP contribution in [0.15, 0.2) is 22.7 Å². The molecule has 12 heavy (non-hydrogen) atoms. The molecule has 1 aromatic rings. The van der Waals surface area contributed by atoms with E-state index in [-0.39, 0.29) is 6.61 Å². The lowest BCUT2D eigenvalue weighted by Crippen LogP contribution is -2.02. The number of halogens is 2. The Labute approximate surface area is 83.9 Å². The lowest BCUT2D eigenvalue weighted by molar-refractivity contribution is 0.0951. The molecular formula is C8H8BrClO2. The molecule has 0 aromatic heterocycles. The smallest absolute Gasteiger partial charge is 0.103 e. The molecule has 2 N–H and O–H groups in total. The third-order valence-electron chi connectivity index (χ3n) is 1.49. The molecule has 0 fully saturated rings. The van der Waals surface area contributed by atoms with Gasteiger partial charge in [-0.05, 0) is 23.8 Å². The van der Waals surface area contributed by atoms with E-state index in [4.69, 9.17) is 16.7 Å². The Balaban J connectivity index is 3.04. The van der Waals surface area contributed by atoms with Crippen LogP contribution < -0.4 is 0 Å². The van der Waals surface area contributed by atoms with Gasteiger partial charge in [0.25, 0.3) is 0 Å². The van der Waals surface area contributed by atoms with Crippen LogP contribution in [0.1, 0.15) is 11.7 Å². The fraction of sp³-hybridized carbons (Fsp3) is 0.250. The maximum atomic E-state index is 9.30. The molecule has 1 atom stereocenters. The van der Waals surface area contributed by atoms with Gasteiger partial charge in [0.15, 0.2) is 0 Å². The van der Waals surface area contributed by atoms with Crippen LogP contribution in [0.25, 0.3) is 0 Å². The molecule has 0 amide bonds. The van der Waals surface area contributed by atoms with Gasteiger partial charge in [0.2, 0.25) is 0 Å². The highest BCUT2D eigenvalue weighted by atomic mass is 79.9. The van der Waals surface area contributed by atoms with Crippen molar-refractivity contribution >= 4 is 27.5 Å². The monoisotopic (exact) mass is 250 g/mol. The molecule has 0 spiro atoms. The first-order valence-electron chi connectivity index (χ1n) is 3.39. The molecule has 0 aliphatic carbocycles. The first kappa shape index (κ1) is 9.99. The first-order valence-corrected chi connectivity index (χ1v) is 4.56. The van der Waals surface area contributed by atoms with Crippen LogP contribution in [0.4, 0.5) is 0 Å². The number of hydrogen-bond donors (Lipinski definition) is 2. The lowest BCUT2D eigenvalue weighted by Gasteiger charge is -2.09. The van der Waals surface area contributed by atoms with Gasteiger partial charge in [-0.1, -0.05) is 27.5 Å². The molecule has 0 heterocycles. The summed E-state index contributed by atoms with van der Waals surface area (Å²) in [6, 6.07) is 5.06. The Bertz CT molecular complexity index is 278. The Morgan fingerprint density at radius 1 is 1.50 bits per heavy atom. The van der Waals surface area contributed by atoms with Gasteiger partial charge in [-0.3, -0.25) is 0 Å². The Morgan fingerprint density at radius 2 is 2.17 bits per heavy atom.